The quantitative estimate of drug-likeness (QED) is 0.865. The van der Waals surface area contributed by atoms with Gasteiger partial charge < -0.3 is 5.73 Å². The number of hydrogen-bond acceptors (Lipinski definition) is 4. The lowest BCUT2D eigenvalue weighted by Gasteiger charge is -2.08. The molecular formula is C12H12ClN3S. The van der Waals surface area contributed by atoms with Gasteiger partial charge in [-0.1, -0.05) is 17.7 Å². The molecule has 0 bridgehead atoms. The van der Waals surface area contributed by atoms with Gasteiger partial charge in [0.1, 0.15) is 0 Å². The Labute approximate surface area is 109 Å². The second-order valence-electron chi connectivity index (χ2n) is 3.61. The largest absolute Gasteiger partial charge is 0.324 e. The van der Waals surface area contributed by atoms with Gasteiger partial charge in [0.25, 0.3) is 0 Å². The Morgan fingerprint density at radius 1 is 1.29 bits per heavy atom. The molecule has 1 atom stereocenters. The van der Waals surface area contributed by atoms with Gasteiger partial charge in [-0.25, -0.2) is 9.97 Å². The summed E-state index contributed by atoms with van der Waals surface area (Å²) in [6.07, 6.45) is 3.42. The summed E-state index contributed by atoms with van der Waals surface area (Å²) < 4.78 is 0. The van der Waals surface area contributed by atoms with Crippen LogP contribution in [0, 0.1) is 0 Å². The van der Waals surface area contributed by atoms with Gasteiger partial charge in [-0.05, 0) is 42.4 Å². The van der Waals surface area contributed by atoms with Crippen LogP contribution in [0.2, 0.25) is 5.02 Å². The first-order valence-electron chi connectivity index (χ1n) is 5.16. The zero-order valence-corrected chi connectivity index (χ0v) is 10.9. The van der Waals surface area contributed by atoms with Crippen molar-refractivity contribution in [3.05, 3.63) is 47.2 Å². The molecule has 0 aliphatic rings. The van der Waals surface area contributed by atoms with E-state index in [9.17, 15) is 0 Å². The molecule has 0 saturated heterocycles. The maximum Gasteiger partial charge on any atom is 0.192 e. The number of nitrogens with two attached hydrogens (primary N) is 1. The van der Waals surface area contributed by atoms with E-state index in [1.165, 1.54) is 11.8 Å². The molecule has 3 nitrogen and oxygen atoms in total. The van der Waals surface area contributed by atoms with Crippen LogP contribution in [0.5, 0.6) is 0 Å². The molecule has 88 valence electrons. The van der Waals surface area contributed by atoms with Gasteiger partial charge in [0, 0.05) is 23.3 Å². The van der Waals surface area contributed by atoms with Crippen molar-refractivity contribution in [1.29, 1.82) is 0 Å². The van der Waals surface area contributed by atoms with Crippen LogP contribution in [0.4, 0.5) is 0 Å². The Balaban J connectivity index is 2.23. The Hall–Kier alpha value is -1.10. The van der Waals surface area contributed by atoms with E-state index in [4.69, 9.17) is 17.3 Å². The average molecular weight is 266 g/mol. The van der Waals surface area contributed by atoms with Crippen LogP contribution in [-0.4, -0.2) is 9.97 Å². The van der Waals surface area contributed by atoms with Crippen LogP contribution < -0.4 is 5.73 Å². The molecule has 0 aliphatic heterocycles. The summed E-state index contributed by atoms with van der Waals surface area (Å²) in [5.74, 6) is 0. The molecule has 2 aromatic rings. The highest BCUT2D eigenvalue weighted by Crippen LogP contribution is 2.32. The maximum absolute atomic E-state index is 6.19. The van der Waals surface area contributed by atoms with Crippen LogP contribution in [0.3, 0.4) is 0 Å². The first-order valence-corrected chi connectivity index (χ1v) is 6.36. The Kier molecular flexibility index (Phi) is 3.99. The summed E-state index contributed by atoms with van der Waals surface area (Å²) in [6.45, 7) is 1.93. The monoisotopic (exact) mass is 265 g/mol. The molecule has 1 heterocycles. The predicted octanol–water partition coefficient (Wildman–Crippen LogP) is 3.30. The molecule has 17 heavy (non-hydrogen) atoms. The molecule has 0 aliphatic carbocycles. The molecule has 2 rings (SSSR count). The van der Waals surface area contributed by atoms with Gasteiger partial charge >= 0.3 is 0 Å². The van der Waals surface area contributed by atoms with Crippen molar-refractivity contribution in [2.45, 2.75) is 23.0 Å². The fraction of sp³-hybridized carbons (Fsp3) is 0.167. The smallest absolute Gasteiger partial charge is 0.192 e. The van der Waals surface area contributed by atoms with Crippen molar-refractivity contribution >= 4 is 23.4 Å². The zero-order chi connectivity index (χ0) is 12.3. The number of aromatic nitrogens is 2. The summed E-state index contributed by atoms with van der Waals surface area (Å²) in [6, 6.07) is 7.58. The van der Waals surface area contributed by atoms with Crippen molar-refractivity contribution in [3.63, 3.8) is 0 Å². The van der Waals surface area contributed by atoms with Crippen LogP contribution in [0.25, 0.3) is 0 Å². The molecule has 0 amide bonds. The maximum atomic E-state index is 6.19. The normalized spacial score (nSPS) is 12.4. The number of nitrogens with zero attached hydrogens (tertiary/aromatic N) is 2. The van der Waals surface area contributed by atoms with Crippen molar-refractivity contribution in [2.24, 2.45) is 5.73 Å². The first kappa shape index (κ1) is 12.4. The minimum Gasteiger partial charge on any atom is -0.324 e. The average Bonchev–Trinajstić information content (AvgIpc) is 2.33. The molecule has 5 heteroatoms. The highest BCUT2D eigenvalue weighted by Gasteiger charge is 2.07. The van der Waals surface area contributed by atoms with Crippen LogP contribution in [-0.2, 0) is 0 Å². The summed E-state index contributed by atoms with van der Waals surface area (Å²) in [7, 11) is 0. The Morgan fingerprint density at radius 3 is 2.59 bits per heavy atom. The van der Waals surface area contributed by atoms with E-state index in [-0.39, 0.29) is 6.04 Å². The van der Waals surface area contributed by atoms with Gasteiger partial charge in [0.05, 0.1) is 5.02 Å². The third kappa shape index (κ3) is 3.19. The fourth-order valence-electron chi connectivity index (χ4n) is 1.32. The second-order valence-corrected chi connectivity index (χ2v) is 5.03. The minimum atomic E-state index is -0.0143. The standard InChI is InChI=1S/C12H12ClN3S/c1-8(14)9-3-4-11(10(13)7-9)17-12-15-5-2-6-16-12/h2-8H,14H2,1H3/t8-/m1/s1. The van der Waals surface area contributed by atoms with E-state index in [0.29, 0.717) is 10.2 Å². The highest BCUT2D eigenvalue weighted by molar-refractivity contribution is 7.99. The van der Waals surface area contributed by atoms with E-state index < -0.39 is 0 Å². The number of halogens is 1. The van der Waals surface area contributed by atoms with Gasteiger partial charge in [0.2, 0.25) is 0 Å². The molecule has 2 N–H and O–H groups in total. The zero-order valence-electron chi connectivity index (χ0n) is 9.30. The summed E-state index contributed by atoms with van der Waals surface area (Å²) in [5.41, 5.74) is 6.82. The SMILES string of the molecule is C[C@@H](N)c1ccc(Sc2ncccn2)c(Cl)c1. The number of rotatable bonds is 3. The van der Waals surface area contributed by atoms with Gasteiger partial charge in [-0.3, -0.25) is 0 Å². The Morgan fingerprint density at radius 2 is 2.00 bits per heavy atom. The molecular weight excluding hydrogens is 254 g/mol. The van der Waals surface area contributed by atoms with Gasteiger partial charge in [0.15, 0.2) is 5.16 Å². The van der Waals surface area contributed by atoms with Crippen molar-refractivity contribution in [1.82, 2.24) is 9.97 Å². The Bertz CT molecular complexity index is 502. The molecule has 0 unspecified atom stereocenters. The lowest BCUT2D eigenvalue weighted by Crippen LogP contribution is -2.04. The lowest BCUT2D eigenvalue weighted by molar-refractivity contribution is 0.817. The summed E-state index contributed by atoms with van der Waals surface area (Å²) in [5, 5.41) is 1.36. The second kappa shape index (κ2) is 5.49. The summed E-state index contributed by atoms with van der Waals surface area (Å²) in [4.78, 5) is 9.22. The number of benzene rings is 1. The van der Waals surface area contributed by atoms with E-state index in [0.717, 1.165) is 10.5 Å². The van der Waals surface area contributed by atoms with Crippen molar-refractivity contribution in [2.75, 3.05) is 0 Å². The molecule has 1 aromatic carbocycles. The minimum absolute atomic E-state index is 0.0143. The predicted molar refractivity (Wildman–Crippen MR) is 70.2 cm³/mol. The van der Waals surface area contributed by atoms with E-state index in [1.54, 1.807) is 18.5 Å². The topological polar surface area (TPSA) is 51.8 Å². The first-order chi connectivity index (χ1) is 8.16. The van der Waals surface area contributed by atoms with Crippen molar-refractivity contribution in [3.8, 4) is 0 Å². The molecule has 0 radical (unpaired) electrons. The van der Waals surface area contributed by atoms with E-state index >= 15 is 0 Å². The molecule has 0 spiro atoms. The van der Waals surface area contributed by atoms with Crippen LogP contribution in [0.15, 0.2) is 46.7 Å². The van der Waals surface area contributed by atoms with Crippen LogP contribution >= 0.6 is 23.4 Å². The molecule has 1 aromatic heterocycles. The third-order valence-corrected chi connectivity index (χ3v) is 3.62. The molecule has 0 fully saturated rings. The molecule has 0 saturated carbocycles. The number of hydrogen-bond donors (Lipinski definition) is 1. The van der Waals surface area contributed by atoms with E-state index in [1.807, 2.05) is 25.1 Å². The van der Waals surface area contributed by atoms with E-state index in [2.05, 4.69) is 9.97 Å². The highest BCUT2D eigenvalue weighted by atomic mass is 35.5. The van der Waals surface area contributed by atoms with Crippen LogP contribution in [0.1, 0.15) is 18.5 Å². The van der Waals surface area contributed by atoms with Crippen molar-refractivity contribution < 1.29 is 0 Å². The third-order valence-electron chi connectivity index (χ3n) is 2.23. The lowest BCUT2D eigenvalue weighted by atomic mass is 10.1. The van der Waals surface area contributed by atoms with Gasteiger partial charge in [-0.15, -0.1) is 0 Å². The van der Waals surface area contributed by atoms with Gasteiger partial charge in [-0.2, -0.15) is 0 Å². The fourth-order valence-corrected chi connectivity index (χ4v) is 2.34. The summed E-state index contributed by atoms with van der Waals surface area (Å²) >= 11 is 7.63.